The van der Waals surface area contributed by atoms with Gasteiger partial charge in [0.05, 0.1) is 51.8 Å². The van der Waals surface area contributed by atoms with Crippen molar-refractivity contribution in [3.8, 4) is 0 Å². The average Bonchev–Trinajstić information content (AvgIpc) is 3.10. The third kappa shape index (κ3) is 10.3. The van der Waals surface area contributed by atoms with Crippen LogP contribution in [-0.2, 0) is 50.1 Å². The van der Waals surface area contributed by atoms with E-state index < -0.39 is 36.6 Å². The van der Waals surface area contributed by atoms with Crippen LogP contribution in [0.15, 0.2) is 121 Å². The van der Waals surface area contributed by atoms with Crippen molar-refractivity contribution in [1.29, 1.82) is 0 Å². The molecule has 1 heterocycles. The van der Waals surface area contributed by atoms with Crippen LogP contribution in [0.25, 0.3) is 0 Å². The lowest BCUT2D eigenvalue weighted by atomic mass is 9.91. The van der Waals surface area contributed by atoms with Gasteiger partial charge in [0.1, 0.15) is 24.4 Å². The second-order valence-electron chi connectivity index (χ2n) is 11.4. The molecule has 0 aliphatic carbocycles. The molecular weight excluding hydrogens is 568 g/mol. The number of hydrogen-bond acceptors (Lipinski definition) is 7. The molecule has 0 spiro atoms. The summed E-state index contributed by atoms with van der Waals surface area (Å²) in [5, 5.41) is 19.8. The molecule has 0 bridgehead atoms. The predicted octanol–water partition coefficient (Wildman–Crippen LogP) is 5.86. The molecule has 1 fully saturated rings. The van der Waals surface area contributed by atoms with E-state index in [1.165, 1.54) is 0 Å². The van der Waals surface area contributed by atoms with Crippen molar-refractivity contribution in [2.45, 2.75) is 75.9 Å². The normalized spacial score (nSPS) is 22.2. The lowest BCUT2D eigenvalue weighted by Crippen LogP contribution is -2.61. The van der Waals surface area contributed by atoms with Crippen LogP contribution in [0.1, 0.15) is 35.1 Å². The first-order valence-electron chi connectivity index (χ1n) is 15.7. The van der Waals surface area contributed by atoms with E-state index in [-0.39, 0.29) is 13.2 Å². The third-order valence-electron chi connectivity index (χ3n) is 7.97. The molecule has 4 aromatic carbocycles. The maximum absolute atomic E-state index is 10.3. The molecule has 0 aromatic heterocycles. The van der Waals surface area contributed by atoms with Gasteiger partial charge in [0.15, 0.2) is 0 Å². The quantitative estimate of drug-likeness (QED) is 0.155. The molecule has 1 aliphatic rings. The molecule has 45 heavy (non-hydrogen) atoms. The van der Waals surface area contributed by atoms with Crippen LogP contribution in [0.3, 0.4) is 0 Å². The summed E-state index contributed by atoms with van der Waals surface area (Å²) >= 11 is 0. The van der Waals surface area contributed by atoms with Crippen LogP contribution in [0.4, 0.5) is 0 Å². The van der Waals surface area contributed by atoms with Gasteiger partial charge in [-0.3, -0.25) is 0 Å². The highest BCUT2D eigenvalue weighted by Crippen LogP contribution is 2.33. The molecule has 1 saturated heterocycles. The smallest absolute Gasteiger partial charge is 0.115 e. The minimum absolute atomic E-state index is 0.282. The number of ether oxygens (including phenoxy) is 5. The zero-order chi connectivity index (χ0) is 31.1. The van der Waals surface area contributed by atoms with E-state index in [1.807, 2.05) is 121 Å². The van der Waals surface area contributed by atoms with Gasteiger partial charge >= 0.3 is 0 Å². The van der Waals surface area contributed by atoms with Gasteiger partial charge in [0, 0.05) is 0 Å². The van der Waals surface area contributed by atoms with Crippen molar-refractivity contribution in [3.63, 3.8) is 0 Å². The van der Waals surface area contributed by atoms with Crippen molar-refractivity contribution in [1.82, 2.24) is 0 Å². The summed E-state index contributed by atoms with van der Waals surface area (Å²) in [5.74, 6) is 0. The Balaban J connectivity index is 1.43. The molecule has 6 atom stereocenters. The molecule has 1 aliphatic heterocycles. The van der Waals surface area contributed by atoms with Gasteiger partial charge in [-0.25, -0.2) is 0 Å². The first-order chi connectivity index (χ1) is 22.2. The Labute approximate surface area is 266 Å². The van der Waals surface area contributed by atoms with E-state index in [9.17, 15) is 10.2 Å². The molecule has 0 unspecified atom stereocenters. The number of hydrogen-bond donors (Lipinski definition) is 2. The Bertz CT molecular complexity index is 1340. The Morgan fingerprint density at radius 2 is 0.933 bits per heavy atom. The molecule has 0 amide bonds. The lowest BCUT2D eigenvalue weighted by molar-refractivity contribution is -0.274. The van der Waals surface area contributed by atoms with Crippen molar-refractivity contribution in [2.75, 3.05) is 13.2 Å². The monoisotopic (exact) mass is 612 g/mol. The molecule has 238 valence electrons. The van der Waals surface area contributed by atoms with E-state index in [1.54, 1.807) is 0 Å². The van der Waals surface area contributed by atoms with Crippen molar-refractivity contribution < 1.29 is 33.9 Å². The topological polar surface area (TPSA) is 86.6 Å². The van der Waals surface area contributed by atoms with Crippen molar-refractivity contribution in [2.24, 2.45) is 0 Å². The summed E-state index contributed by atoms with van der Waals surface area (Å²) < 4.78 is 33.0. The SMILES string of the molecule is OC[C@@H](O)CC[C@@H]1O[C@H](COCc2ccccc2)[C@H](OCc2ccccc2)[C@H](OCc2ccccc2)[C@H]1OCc1ccccc1. The summed E-state index contributed by atoms with van der Waals surface area (Å²) in [4.78, 5) is 0. The third-order valence-corrected chi connectivity index (χ3v) is 7.97. The second-order valence-corrected chi connectivity index (χ2v) is 11.4. The van der Waals surface area contributed by atoms with Crippen molar-refractivity contribution in [3.05, 3.63) is 144 Å². The summed E-state index contributed by atoms with van der Waals surface area (Å²) in [5.41, 5.74) is 4.18. The predicted molar refractivity (Wildman–Crippen MR) is 172 cm³/mol. The highest BCUT2D eigenvalue weighted by molar-refractivity contribution is 5.16. The van der Waals surface area contributed by atoms with E-state index >= 15 is 0 Å². The van der Waals surface area contributed by atoms with Gasteiger partial charge in [-0.1, -0.05) is 121 Å². The summed E-state index contributed by atoms with van der Waals surface area (Å²) in [7, 11) is 0. The van der Waals surface area contributed by atoms with E-state index in [0.29, 0.717) is 39.3 Å². The minimum Gasteiger partial charge on any atom is -0.394 e. The molecule has 4 aromatic rings. The highest BCUT2D eigenvalue weighted by Gasteiger charge is 2.48. The maximum Gasteiger partial charge on any atom is 0.115 e. The number of benzene rings is 4. The van der Waals surface area contributed by atoms with E-state index in [4.69, 9.17) is 23.7 Å². The summed E-state index contributed by atoms with van der Waals surface area (Å²) in [6.45, 7) is 1.50. The molecule has 0 saturated carbocycles. The van der Waals surface area contributed by atoms with Gasteiger partial charge < -0.3 is 33.9 Å². The standard InChI is InChI=1S/C38H44O7/c39-23-33(40)21-22-34-36(42-25-30-15-7-2-8-16-30)38(44-27-32-19-11-4-12-20-32)37(43-26-31-17-9-3-10-18-31)35(45-34)28-41-24-29-13-5-1-6-14-29/h1-20,33-40H,21-28H2/t33-,34-,35+,36-,37-,38+/m0/s1. The fourth-order valence-corrected chi connectivity index (χ4v) is 5.57. The number of aliphatic hydroxyl groups excluding tert-OH is 2. The van der Waals surface area contributed by atoms with Crippen LogP contribution in [0.5, 0.6) is 0 Å². The van der Waals surface area contributed by atoms with Crippen LogP contribution in [0, 0.1) is 0 Å². The average molecular weight is 613 g/mol. The lowest BCUT2D eigenvalue weighted by Gasteiger charge is -2.46. The molecular formula is C38H44O7. The molecule has 0 radical (unpaired) electrons. The number of rotatable bonds is 17. The maximum atomic E-state index is 10.3. The fourth-order valence-electron chi connectivity index (χ4n) is 5.57. The molecule has 2 N–H and O–H groups in total. The highest BCUT2D eigenvalue weighted by atomic mass is 16.6. The minimum atomic E-state index is -0.855. The second kappa shape index (κ2) is 17.9. The Morgan fingerprint density at radius 3 is 1.38 bits per heavy atom. The number of aliphatic hydroxyl groups is 2. The molecule has 7 heteroatoms. The Kier molecular flexibility index (Phi) is 13.1. The molecule has 5 rings (SSSR count). The Hall–Kier alpha value is -3.40. The van der Waals surface area contributed by atoms with Gasteiger partial charge in [-0.05, 0) is 35.1 Å². The van der Waals surface area contributed by atoms with Gasteiger partial charge in [-0.15, -0.1) is 0 Å². The van der Waals surface area contributed by atoms with Gasteiger partial charge in [0.2, 0.25) is 0 Å². The van der Waals surface area contributed by atoms with Crippen LogP contribution >= 0.6 is 0 Å². The molecule has 7 nitrogen and oxygen atoms in total. The van der Waals surface area contributed by atoms with Crippen LogP contribution in [-0.4, -0.2) is 60.1 Å². The zero-order valence-corrected chi connectivity index (χ0v) is 25.6. The summed E-state index contributed by atoms with van der Waals surface area (Å²) in [6.07, 6.45) is -2.46. The zero-order valence-electron chi connectivity index (χ0n) is 25.6. The first-order valence-corrected chi connectivity index (χ1v) is 15.7. The summed E-state index contributed by atoms with van der Waals surface area (Å²) in [6, 6.07) is 40.1. The first kappa shape index (κ1) is 33.0. The Morgan fingerprint density at radius 1 is 0.533 bits per heavy atom. The van der Waals surface area contributed by atoms with Crippen LogP contribution in [0.2, 0.25) is 0 Å². The largest absolute Gasteiger partial charge is 0.394 e. The van der Waals surface area contributed by atoms with Gasteiger partial charge in [0.25, 0.3) is 0 Å². The van der Waals surface area contributed by atoms with Gasteiger partial charge in [-0.2, -0.15) is 0 Å². The van der Waals surface area contributed by atoms with E-state index in [0.717, 1.165) is 22.3 Å². The van der Waals surface area contributed by atoms with Crippen molar-refractivity contribution >= 4 is 0 Å². The van der Waals surface area contributed by atoms with E-state index in [2.05, 4.69) is 0 Å². The fraction of sp³-hybridized carbons (Fsp3) is 0.368. The van der Waals surface area contributed by atoms with Crippen LogP contribution < -0.4 is 0 Å².